The Labute approximate surface area is 204 Å². The first kappa shape index (κ1) is 23.9. The van der Waals surface area contributed by atoms with E-state index in [4.69, 9.17) is 19.2 Å². The number of nitrogens with zero attached hydrogens (tertiary/aromatic N) is 4. The molecule has 0 aliphatic carbocycles. The molecule has 1 N–H and O–H groups in total. The van der Waals surface area contributed by atoms with Crippen molar-refractivity contribution in [2.75, 3.05) is 40.7 Å². The lowest BCUT2D eigenvalue weighted by molar-refractivity contribution is -0.128. The molecule has 0 radical (unpaired) electrons. The van der Waals surface area contributed by atoms with E-state index in [1.54, 1.807) is 58.7 Å². The first-order valence-electron chi connectivity index (χ1n) is 11.1. The van der Waals surface area contributed by atoms with E-state index >= 15 is 0 Å². The van der Waals surface area contributed by atoms with Crippen LogP contribution < -0.4 is 19.5 Å². The fourth-order valence-electron chi connectivity index (χ4n) is 3.81. The first-order chi connectivity index (χ1) is 16.9. The van der Waals surface area contributed by atoms with Gasteiger partial charge in [-0.2, -0.15) is 4.98 Å². The van der Waals surface area contributed by atoms with E-state index in [9.17, 15) is 4.79 Å². The summed E-state index contributed by atoms with van der Waals surface area (Å²) in [6.07, 6.45) is 4.88. The number of anilines is 2. The van der Waals surface area contributed by atoms with E-state index in [0.717, 1.165) is 22.3 Å². The third-order valence-corrected chi connectivity index (χ3v) is 5.66. The van der Waals surface area contributed by atoms with Crippen LogP contribution >= 0.6 is 0 Å². The number of benzene rings is 2. The lowest BCUT2D eigenvalue weighted by Crippen LogP contribution is -2.21. The zero-order valence-electron chi connectivity index (χ0n) is 20.5. The normalized spacial score (nSPS) is 10.8. The monoisotopic (exact) mass is 475 g/mol. The van der Waals surface area contributed by atoms with Crippen LogP contribution in [-0.2, 0) is 11.2 Å². The molecule has 182 valence electrons. The SMILES string of the molecule is COc1cc(Nc2ncc3ccn(-c4cccc(CCC(=O)N(C)C)c4)c3n2)cc(OC)c1OC. The fourth-order valence-corrected chi connectivity index (χ4v) is 3.81. The van der Waals surface area contributed by atoms with Crippen LogP contribution in [0.5, 0.6) is 17.2 Å². The van der Waals surface area contributed by atoms with Crippen LogP contribution in [0, 0.1) is 0 Å². The summed E-state index contributed by atoms with van der Waals surface area (Å²) in [4.78, 5) is 22.8. The molecule has 0 saturated carbocycles. The predicted octanol–water partition coefficient (Wildman–Crippen LogP) is 4.21. The Hall–Kier alpha value is -4.27. The van der Waals surface area contributed by atoms with Crippen molar-refractivity contribution in [3.63, 3.8) is 0 Å². The van der Waals surface area contributed by atoms with Crippen LogP contribution in [0.15, 0.2) is 54.9 Å². The number of methoxy groups -OCH3 is 3. The molecular weight excluding hydrogens is 446 g/mol. The molecule has 1 amide bonds. The summed E-state index contributed by atoms with van der Waals surface area (Å²) in [5.74, 6) is 2.11. The lowest BCUT2D eigenvalue weighted by atomic mass is 10.1. The Morgan fingerprint density at radius 3 is 2.43 bits per heavy atom. The number of rotatable bonds is 9. The van der Waals surface area contributed by atoms with E-state index in [2.05, 4.69) is 16.4 Å². The van der Waals surface area contributed by atoms with Crippen LogP contribution in [0.2, 0.25) is 0 Å². The third-order valence-electron chi connectivity index (χ3n) is 5.66. The molecule has 0 unspecified atom stereocenters. The summed E-state index contributed by atoms with van der Waals surface area (Å²) in [6.45, 7) is 0. The Bertz CT molecular complexity index is 1320. The second-order valence-electron chi connectivity index (χ2n) is 8.16. The van der Waals surface area contributed by atoms with Gasteiger partial charge in [-0.05, 0) is 30.2 Å². The van der Waals surface area contributed by atoms with Crippen LogP contribution in [0.3, 0.4) is 0 Å². The van der Waals surface area contributed by atoms with Crippen molar-refractivity contribution in [1.82, 2.24) is 19.4 Å². The number of amides is 1. The van der Waals surface area contributed by atoms with Crippen molar-refractivity contribution < 1.29 is 19.0 Å². The van der Waals surface area contributed by atoms with Gasteiger partial charge in [0.15, 0.2) is 11.5 Å². The zero-order valence-corrected chi connectivity index (χ0v) is 20.5. The maximum Gasteiger partial charge on any atom is 0.229 e. The number of carbonyl (C=O) groups excluding carboxylic acids is 1. The molecule has 0 fully saturated rings. The van der Waals surface area contributed by atoms with Crippen molar-refractivity contribution in [2.24, 2.45) is 0 Å². The summed E-state index contributed by atoms with van der Waals surface area (Å²) < 4.78 is 18.3. The molecule has 0 saturated heterocycles. The van der Waals surface area contributed by atoms with Crippen molar-refractivity contribution in [2.45, 2.75) is 12.8 Å². The van der Waals surface area contributed by atoms with Gasteiger partial charge in [0.1, 0.15) is 5.65 Å². The maximum atomic E-state index is 12.0. The van der Waals surface area contributed by atoms with Gasteiger partial charge in [-0.1, -0.05) is 12.1 Å². The Morgan fingerprint density at radius 1 is 1.03 bits per heavy atom. The highest BCUT2D eigenvalue weighted by molar-refractivity contribution is 5.79. The molecule has 4 aromatic rings. The van der Waals surface area contributed by atoms with Gasteiger partial charge in [0, 0.05) is 61.8 Å². The first-order valence-corrected chi connectivity index (χ1v) is 11.1. The summed E-state index contributed by atoms with van der Waals surface area (Å²) in [6, 6.07) is 13.7. The predicted molar refractivity (Wildman–Crippen MR) is 135 cm³/mol. The van der Waals surface area contributed by atoms with E-state index < -0.39 is 0 Å². The van der Waals surface area contributed by atoms with Gasteiger partial charge < -0.3 is 29.0 Å². The van der Waals surface area contributed by atoms with Crippen LogP contribution in [0.4, 0.5) is 11.6 Å². The zero-order chi connectivity index (χ0) is 24.9. The van der Waals surface area contributed by atoms with E-state index in [1.807, 2.05) is 35.0 Å². The average molecular weight is 476 g/mol. The largest absolute Gasteiger partial charge is 0.493 e. The molecule has 0 spiro atoms. The molecule has 0 bridgehead atoms. The minimum atomic E-state index is 0.108. The number of aryl methyl sites for hydroxylation is 1. The second-order valence-corrected chi connectivity index (χ2v) is 8.16. The number of aromatic nitrogens is 3. The number of hydrogen-bond acceptors (Lipinski definition) is 7. The van der Waals surface area contributed by atoms with Gasteiger partial charge in [-0.3, -0.25) is 4.79 Å². The van der Waals surface area contributed by atoms with Gasteiger partial charge in [0.2, 0.25) is 17.6 Å². The number of nitrogens with one attached hydrogen (secondary N) is 1. The number of hydrogen-bond donors (Lipinski definition) is 1. The number of fused-ring (bicyclic) bond motifs is 1. The molecular formula is C26H29N5O4. The maximum absolute atomic E-state index is 12.0. The van der Waals surface area contributed by atoms with E-state index in [-0.39, 0.29) is 5.91 Å². The summed E-state index contributed by atoms with van der Waals surface area (Å²) in [7, 11) is 8.25. The molecule has 4 rings (SSSR count). The fraction of sp³-hybridized carbons (Fsp3) is 0.269. The standard InChI is InChI=1S/C26H29N5O4/c1-30(2)23(32)10-9-17-7-6-8-20(13-17)31-12-11-18-16-27-26(29-25(18)31)28-19-14-21(33-3)24(35-5)22(15-19)34-4/h6-8,11-16H,9-10H2,1-5H3,(H,27,28,29). The third kappa shape index (κ3) is 5.13. The van der Waals surface area contributed by atoms with Gasteiger partial charge in [-0.25, -0.2) is 4.98 Å². The lowest BCUT2D eigenvalue weighted by Gasteiger charge is -2.14. The highest BCUT2D eigenvalue weighted by Gasteiger charge is 2.15. The average Bonchev–Trinajstić information content (AvgIpc) is 3.30. The van der Waals surface area contributed by atoms with E-state index in [0.29, 0.717) is 41.7 Å². The van der Waals surface area contributed by atoms with Gasteiger partial charge >= 0.3 is 0 Å². The minimum absolute atomic E-state index is 0.108. The molecule has 2 aromatic carbocycles. The molecule has 2 heterocycles. The molecule has 9 heteroatoms. The second kappa shape index (κ2) is 10.3. The molecule has 35 heavy (non-hydrogen) atoms. The van der Waals surface area contributed by atoms with Crippen LogP contribution in [0.25, 0.3) is 16.7 Å². The Kier molecular flexibility index (Phi) is 7.05. The van der Waals surface area contributed by atoms with Crippen LogP contribution in [0.1, 0.15) is 12.0 Å². The van der Waals surface area contributed by atoms with E-state index in [1.165, 1.54) is 0 Å². The quantitative estimate of drug-likeness (QED) is 0.388. The van der Waals surface area contributed by atoms with Gasteiger partial charge in [-0.15, -0.1) is 0 Å². The number of carbonyl (C=O) groups is 1. The molecule has 0 atom stereocenters. The highest BCUT2D eigenvalue weighted by atomic mass is 16.5. The Balaban J connectivity index is 1.63. The Morgan fingerprint density at radius 2 is 1.77 bits per heavy atom. The van der Waals surface area contributed by atoms with Crippen molar-refractivity contribution in [1.29, 1.82) is 0 Å². The van der Waals surface area contributed by atoms with Crippen molar-refractivity contribution >= 4 is 28.6 Å². The summed E-state index contributed by atoms with van der Waals surface area (Å²) in [5.41, 5.74) is 3.51. The van der Waals surface area contributed by atoms with Crippen LogP contribution in [-0.4, -0.2) is 60.8 Å². The smallest absolute Gasteiger partial charge is 0.229 e. The summed E-state index contributed by atoms with van der Waals surface area (Å²) >= 11 is 0. The van der Waals surface area contributed by atoms with Gasteiger partial charge in [0.25, 0.3) is 0 Å². The van der Waals surface area contributed by atoms with Crippen molar-refractivity contribution in [3.05, 3.63) is 60.4 Å². The molecule has 0 aliphatic rings. The highest BCUT2D eigenvalue weighted by Crippen LogP contribution is 2.40. The number of ether oxygens (including phenoxy) is 3. The van der Waals surface area contributed by atoms with Crippen molar-refractivity contribution in [3.8, 4) is 22.9 Å². The molecule has 0 aliphatic heterocycles. The topological polar surface area (TPSA) is 90.7 Å². The molecule has 2 aromatic heterocycles. The minimum Gasteiger partial charge on any atom is -0.493 e. The van der Waals surface area contributed by atoms with Gasteiger partial charge in [0.05, 0.1) is 21.3 Å². The summed E-state index contributed by atoms with van der Waals surface area (Å²) in [5, 5.41) is 4.14. The molecule has 9 nitrogen and oxygen atoms in total.